The van der Waals surface area contributed by atoms with Crippen LogP contribution in [0.25, 0.3) is 0 Å². The van der Waals surface area contributed by atoms with Gasteiger partial charge in [-0.2, -0.15) is 12.6 Å². The van der Waals surface area contributed by atoms with Crippen LogP contribution in [0, 0.1) is 17.8 Å². The Labute approximate surface area is 100 Å². The number of hydrogen-bond acceptors (Lipinski definition) is 2. The minimum Gasteiger partial charge on any atom is -0.378 e. The Balaban J connectivity index is 2.22. The van der Waals surface area contributed by atoms with Crippen LogP contribution in [0.4, 0.5) is 0 Å². The summed E-state index contributed by atoms with van der Waals surface area (Å²) in [5.74, 6) is 3.31. The molecule has 1 saturated carbocycles. The van der Waals surface area contributed by atoms with Gasteiger partial charge in [-0.3, -0.25) is 0 Å². The molecule has 90 valence electrons. The molecular formula is C13H26OS. The van der Waals surface area contributed by atoms with Crippen LogP contribution in [0.5, 0.6) is 0 Å². The summed E-state index contributed by atoms with van der Waals surface area (Å²) in [5, 5.41) is 0. The van der Waals surface area contributed by atoms with Gasteiger partial charge in [0.2, 0.25) is 0 Å². The number of thiol groups is 1. The van der Waals surface area contributed by atoms with E-state index in [-0.39, 0.29) is 0 Å². The summed E-state index contributed by atoms with van der Waals surface area (Å²) in [5.41, 5.74) is 0. The molecule has 0 N–H and O–H groups in total. The molecule has 2 heteroatoms. The van der Waals surface area contributed by atoms with Crippen molar-refractivity contribution in [1.82, 2.24) is 0 Å². The largest absolute Gasteiger partial charge is 0.378 e. The number of hydrogen-bond donors (Lipinski definition) is 1. The van der Waals surface area contributed by atoms with Crippen LogP contribution in [0.3, 0.4) is 0 Å². The molecule has 0 amide bonds. The fourth-order valence-electron chi connectivity index (χ4n) is 2.22. The van der Waals surface area contributed by atoms with E-state index in [0.29, 0.717) is 12.0 Å². The average Bonchev–Trinajstić information content (AvgIpc) is 2.24. The second-order valence-corrected chi connectivity index (χ2v) is 5.54. The zero-order chi connectivity index (χ0) is 11.3. The van der Waals surface area contributed by atoms with Gasteiger partial charge in [0.05, 0.1) is 12.7 Å². The molecule has 0 aromatic carbocycles. The van der Waals surface area contributed by atoms with E-state index in [9.17, 15) is 0 Å². The van der Waals surface area contributed by atoms with Crippen LogP contribution in [0.1, 0.15) is 46.5 Å². The first kappa shape index (κ1) is 13.4. The Morgan fingerprint density at radius 2 is 2.00 bits per heavy atom. The van der Waals surface area contributed by atoms with Gasteiger partial charge in [0.15, 0.2) is 0 Å². The fourth-order valence-corrected chi connectivity index (χ4v) is 2.58. The molecule has 1 aliphatic carbocycles. The highest BCUT2D eigenvalue weighted by atomic mass is 32.1. The van der Waals surface area contributed by atoms with Crippen molar-refractivity contribution < 1.29 is 4.74 Å². The SMILES string of the molecule is CCC(CS)COC1CCC(C)C(C)C1. The van der Waals surface area contributed by atoms with Gasteiger partial charge in [-0.15, -0.1) is 0 Å². The van der Waals surface area contributed by atoms with Gasteiger partial charge in [-0.25, -0.2) is 0 Å². The van der Waals surface area contributed by atoms with Crippen molar-refractivity contribution in [2.45, 2.75) is 52.6 Å². The van der Waals surface area contributed by atoms with E-state index in [1.54, 1.807) is 0 Å². The maximum Gasteiger partial charge on any atom is 0.0578 e. The molecular weight excluding hydrogens is 204 g/mol. The van der Waals surface area contributed by atoms with Gasteiger partial charge in [0.25, 0.3) is 0 Å². The van der Waals surface area contributed by atoms with Gasteiger partial charge in [-0.05, 0) is 42.8 Å². The standard InChI is InChI=1S/C13H26OS/c1-4-12(9-15)8-14-13-6-5-10(2)11(3)7-13/h10-13,15H,4-9H2,1-3H3. The van der Waals surface area contributed by atoms with E-state index >= 15 is 0 Å². The third kappa shape index (κ3) is 4.36. The topological polar surface area (TPSA) is 9.23 Å². The fraction of sp³-hybridized carbons (Fsp3) is 1.00. The lowest BCUT2D eigenvalue weighted by atomic mass is 9.80. The molecule has 0 bridgehead atoms. The monoisotopic (exact) mass is 230 g/mol. The molecule has 1 rings (SSSR count). The molecule has 0 saturated heterocycles. The Hall–Kier alpha value is 0.310. The molecule has 0 radical (unpaired) electrons. The van der Waals surface area contributed by atoms with Gasteiger partial charge >= 0.3 is 0 Å². The summed E-state index contributed by atoms with van der Waals surface area (Å²) in [6.07, 6.45) is 5.55. The summed E-state index contributed by atoms with van der Waals surface area (Å²) >= 11 is 4.35. The summed E-state index contributed by atoms with van der Waals surface area (Å²) in [6, 6.07) is 0. The van der Waals surface area contributed by atoms with Gasteiger partial charge in [-0.1, -0.05) is 27.2 Å². The number of ether oxygens (including phenoxy) is 1. The predicted molar refractivity (Wildman–Crippen MR) is 69.6 cm³/mol. The minimum absolute atomic E-state index is 0.519. The average molecular weight is 230 g/mol. The van der Waals surface area contributed by atoms with Crippen LogP contribution in [0.15, 0.2) is 0 Å². The molecule has 1 nitrogen and oxygen atoms in total. The minimum atomic E-state index is 0.519. The van der Waals surface area contributed by atoms with Gasteiger partial charge in [0.1, 0.15) is 0 Å². The zero-order valence-electron chi connectivity index (χ0n) is 10.4. The predicted octanol–water partition coefficient (Wildman–Crippen LogP) is 3.78. The first-order valence-electron chi connectivity index (χ1n) is 6.39. The summed E-state index contributed by atoms with van der Waals surface area (Å²) in [4.78, 5) is 0. The van der Waals surface area contributed by atoms with Gasteiger partial charge < -0.3 is 4.74 Å². The molecule has 4 unspecified atom stereocenters. The van der Waals surface area contributed by atoms with Crippen LogP contribution < -0.4 is 0 Å². The van der Waals surface area contributed by atoms with Crippen molar-refractivity contribution in [3.8, 4) is 0 Å². The van der Waals surface area contributed by atoms with E-state index in [2.05, 4.69) is 33.4 Å². The van der Waals surface area contributed by atoms with E-state index in [0.717, 1.165) is 24.2 Å². The Morgan fingerprint density at radius 3 is 2.53 bits per heavy atom. The molecule has 15 heavy (non-hydrogen) atoms. The second-order valence-electron chi connectivity index (χ2n) is 5.18. The first-order chi connectivity index (χ1) is 7.17. The van der Waals surface area contributed by atoms with Crippen LogP contribution >= 0.6 is 12.6 Å². The molecule has 0 aliphatic heterocycles. The zero-order valence-corrected chi connectivity index (χ0v) is 11.3. The van der Waals surface area contributed by atoms with E-state index in [4.69, 9.17) is 4.74 Å². The maximum atomic E-state index is 6.00. The molecule has 4 atom stereocenters. The first-order valence-corrected chi connectivity index (χ1v) is 7.03. The second kappa shape index (κ2) is 6.80. The van der Waals surface area contributed by atoms with Gasteiger partial charge in [0, 0.05) is 0 Å². The smallest absolute Gasteiger partial charge is 0.0578 e. The lowest BCUT2D eigenvalue weighted by Crippen LogP contribution is -2.28. The van der Waals surface area contributed by atoms with E-state index in [1.165, 1.54) is 25.7 Å². The van der Waals surface area contributed by atoms with Crippen LogP contribution in [0.2, 0.25) is 0 Å². The quantitative estimate of drug-likeness (QED) is 0.707. The molecule has 0 spiro atoms. The third-order valence-corrected chi connectivity index (χ3v) is 4.47. The Morgan fingerprint density at radius 1 is 1.27 bits per heavy atom. The highest BCUT2D eigenvalue weighted by Crippen LogP contribution is 2.31. The highest BCUT2D eigenvalue weighted by molar-refractivity contribution is 7.80. The van der Waals surface area contributed by atoms with Crippen molar-refractivity contribution in [1.29, 1.82) is 0 Å². The van der Waals surface area contributed by atoms with E-state index < -0.39 is 0 Å². The van der Waals surface area contributed by atoms with Crippen molar-refractivity contribution in [2.24, 2.45) is 17.8 Å². The van der Waals surface area contributed by atoms with Crippen molar-refractivity contribution in [2.75, 3.05) is 12.4 Å². The summed E-state index contributed by atoms with van der Waals surface area (Å²) in [7, 11) is 0. The number of rotatable bonds is 5. The highest BCUT2D eigenvalue weighted by Gasteiger charge is 2.25. The van der Waals surface area contributed by atoms with Crippen molar-refractivity contribution in [3.05, 3.63) is 0 Å². The van der Waals surface area contributed by atoms with Crippen LogP contribution in [-0.2, 0) is 4.74 Å². The molecule has 0 aromatic rings. The normalized spacial score (nSPS) is 34.0. The Kier molecular flexibility index (Phi) is 6.06. The lowest BCUT2D eigenvalue weighted by Gasteiger charge is -2.32. The molecule has 1 aliphatic rings. The lowest BCUT2D eigenvalue weighted by molar-refractivity contribution is -0.0113. The molecule has 0 heterocycles. The Bertz CT molecular complexity index is 168. The molecule has 0 aromatic heterocycles. The third-order valence-electron chi connectivity index (χ3n) is 3.95. The van der Waals surface area contributed by atoms with Crippen LogP contribution in [-0.4, -0.2) is 18.5 Å². The summed E-state index contributed by atoms with van der Waals surface area (Å²) in [6.45, 7) is 7.85. The maximum absolute atomic E-state index is 6.00. The molecule has 1 fully saturated rings. The van der Waals surface area contributed by atoms with E-state index in [1.807, 2.05) is 0 Å². The summed E-state index contributed by atoms with van der Waals surface area (Å²) < 4.78 is 6.00. The van der Waals surface area contributed by atoms with Crippen molar-refractivity contribution >= 4 is 12.6 Å². The van der Waals surface area contributed by atoms with Crippen molar-refractivity contribution in [3.63, 3.8) is 0 Å².